The molecule has 0 aliphatic heterocycles. The number of benzene rings is 1. The third-order valence-electron chi connectivity index (χ3n) is 4.54. The monoisotopic (exact) mass is 369 g/mol. The van der Waals surface area contributed by atoms with E-state index in [2.05, 4.69) is 4.99 Å². The Hall–Kier alpha value is -3.27. The first-order valence-electron chi connectivity index (χ1n) is 8.53. The fourth-order valence-corrected chi connectivity index (χ4v) is 2.71. The van der Waals surface area contributed by atoms with Crippen LogP contribution in [0, 0.1) is 18.3 Å². The molecule has 1 aromatic carbocycles. The van der Waals surface area contributed by atoms with E-state index >= 15 is 0 Å². The lowest BCUT2D eigenvalue weighted by atomic mass is 10.0. The second-order valence-corrected chi connectivity index (χ2v) is 6.08. The Kier molecular flexibility index (Phi) is 6.24. The van der Waals surface area contributed by atoms with Crippen molar-refractivity contribution in [2.24, 2.45) is 4.99 Å². The van der Waals surface area contributed by atoms with E-state index in [4.69, 9.17) is 9.47 Å². The van der Waals surface area contributed by atoms with Crippen LogP contribution in [-0.2, 0) is 0 Å². The Labute approximate surface area is 158 Å². The van der Waals surface area contributed by atoms with Crippen LogP contribution in [0.5, 0.6) is 17.4 Å². The van der Waals surface area contributed by atoms with Crippen molar-refractivity contribution in [1.29, 1.82) is 5.26 Å². The molecule has 0 aliphatic carbocycles. The maximum atomic E-state index is 12.5. The quantitative estimate of drug-likeness (QED) is 0.786. The highest BCUT2D eigenvalue weighted by atomic mass is 16.5. The van der Waals surface area contributed by atoms with Gasteiger partial charge in [-0.1, -0.05) is 6.92 Å². The lowest BCUT2D eigenvalue weighted by Gasteiger charge is -2.18. The molecule has 1 heterocycles. The van der Waals surface area contributed by atoms with Gasteiger partial charge in [-0.25, -0.2) is 0 Å². The van der Waals surface area contributed by atoms with Gasteiger partial charge in [-0.2, -0.15) is 5.26 Å². The van der Waals surface area contributed by atoms with Crippen LogP contribution in [0.2, 0.25) is 0 Å². The SMILES string of the molecule is CCC(C)n1c(O)c(C=Nc2ccc(OC)cc2OC)c(C)c(C#N)c1=O. The summed E-state index contributed by atoms with van der Waals surface area (Å²) in [7, 11) is 3.08. The Balaban J connectivity index is 2.65. The molecular weight excluding hydrogens is 346 g/mol. The van der Waals surface area contributed by atoms with Crippen molar-refractivity contribution >= 4 is 11.9 Å². The molecule has 27 heavy (non-hydrogen) atoms. The third kappa shape index (κ3) is 3.80. The highest BCUT2D eigenvalue weighted by molar-refractivity contribution is 5.88. The Morgan fingerprint density at radius 2 is 2.07 bits per heavy atom. The molecule has 1 N–H and O–H groups in total. The number of aromatic nitrogens is 1. The van der Waals surface area contributed by atoms with Crippen LogP contribution in [0.15, 0.2) is 28.0 Å². The highest BCUT2D eigenvalue weighted by Crippen LogP contribution is 2.32. The van der Waals surface area contributed by atoms with Gasteiger partial charge < -0.3 is 14.6 Å². The van der Waals surface area contributed by atoms with Gasteiger partial charge in [0, 0.05) is 18.3 Å². The number of hydrogen-bond acceptors (Lipinski definition) is 6. The van der Waals surface area contributed by atoms with E-state index < -0.39 is 5.56 Å². The minimum atomic E-state index is -0.499. The number of aliphatic imine (C=N–C) groups is 1. The molecule has 0 spiro atoms. The largest absolute Gasteiger partial charge is 0.497 e. The molecule has 1 atom stereocenters. The summed E-state index contributed by atoms with van der Waals surface area (Å²) < 4.78 is 11.7. The normalized spacial score (nSPS) is 12.0. The second kappa shape index (κ2) is 8.41. The smallest absolute Gasteiger partial charge is 0.271 e. The van der Waals surface area contributed by atoms with Crippen molar-refractivity contribution in [3.05, 3.63) is 45.2 Å². The maximum absolute atomic E-state index is 12.5. The van der Waals surface area contributed by atoms with Crippen molar-refractivity contribution in [1.82, 2.24) is 4.57 Å². The van der Waals surface area contributed by atoms with Gasteiger partial charge in [-0.3, -0.25) is 14.4 Å². The number of nitriles is 1. The number of methoxy groups -OCH3 is 2. The molecule has 0 fully saturated rings. The van der Waals surface area contributed by atoms with Gasteiger partial charge in [0.1, 0.15) is 28.8 Å². The van der Waals surface area contributed by atoms with E-state index in [0.29, 0.717) is 34.7 Å². The summed E-state index contributed by atoms with van der Waals surface area (Å²) in [6.07, 6.45) is 2.07. The molecular formula is C20H23N3O4. The maximum Gasteiger partial charge on any atom is 0.271 e. The molecule has 0 aliphatic rings. The molecule has 0 saturated carbocycles. The van der Waals surface area contributed by atoms with E-state index in [-0.39, 0.29) is 17.5 Å². The zero-order valence-electron chi connectivity index (χ0n) is 16.1. The first-order chi connectivity index (χ1) is 12.9. The summed E-state index contributed by atoms with van der Waals surface area (Å²) in [5.74, 6) is 0.919. The number of hydrogen-bond donors (Lipinski definition) is 1. The molecule has 1 aromatic heterocycles. The Morgan fingerprint density at radius 1 is 1.37 bits per heavy atom. The first-order valence-corrected chi connectivity index (χ1v) is 8.53. The molecule has 2 aromatic rings. The van der Waals surface area contributed by atoms with Gasteiger partial charge in [0.15, 0.2) is 0 Å². The topological polar surface area (TPSA) is 96.8 Å². The molecule has 142 valence electrons. The average molecular weight is 369 g/mol. The third-order valence-corrected chi connectivity index (χ3v) is 4.54. The van der Waals surface area contributed by atoms with Gasteiger partial charge in [-0.15, -0.1) is 0 Å². The molecule has 2 rings (SSSR count). The summed E-state index contributed by atoms with van der Waals surface area (Å²) in [4.78, 5) is 16.9. The van der Waals surface area contributed by atoms with E-state index in [1.807, 2.05) is 19.9 Å². The lowest BCUT2D eigenvalue weighted by molar-refractivity contribution is 0.372. The van der Waals surface area contributed by atoms with Gasteiger partial charge in [0.2, 0.25) is 5.88 Å². The average Bonchev–Trinajstić information content (AvgIpc) is 2.67. The van der Waals surface area contributed by atoms with E-state index in [9.17, 15) is 15.2 Å². The fraction of sp³-hybridized carbons (Fsp3) is 0.350. The van der Waals surface area contributed by atoms with Crippen molar-refractivity contribution in [2.45, 2.75) is 33.2 Å². The molecule has 1 unspecified atom stereocenters. The minimum Gasteiger partial charge on any atom is -0.497 e. The van der Waals surface area contributed by atoms with Gasteiger partial charge in [0.05, 0.1) is 19.8 Å². The minimum absolute atomic E-state index is 0.00348. The van der Waals surface area contributed by atoms with Crippen LogP contribution in [0.1, 0.15) is 43.0 Å². The molecule has 7 heteroatoms. The number of rotatable bonds is 6. The Morgan fingerprint density at radius 3 is 2.63 bits per heavy atom. The zero-order chi connectivity index (χ0) is 20.1. The first kappa shape index (κ1) is 20.0. The van der Waals surface area contributed by atoms with Gasteiger partial charge in [-0.05, 0) is 38.0 Å². The van der Waals surface area contributed by atoms with Crippen molar-refractivity contribution in [2.75, 3.05) is 14.2 Å². The van der Waals surface area contributed by atoms with Crippen LogP contribution in [-0.4, -0.2) is 30.1 Å². The van der Waals surface area contributed by atoms with Crippen LogP contribution in [0.25, 0.3) is 0 Å². The standard InChI is InChI=1S/C20H23N3O4/c1-6-12(2)23-19(24)15(10-21)13(3)16(20(23)25)11-22-17-8-7-14(26-4)9-18(17)27-5/h7-9,11-12,25H,6H2,1-5H3. The highest BCUT2D eigenvalue weighted by Gasteiger charge is 2.20. The summed E-state index contributed by atoms with van der Waals surface area (Å²) in [5, 5.41) is 20.1. The van der Waals surface area contributed by atoms with Crippen LogP contribution in [0.4, 0.5) is 5.69 Å². The number of ether oxygens (including phenoxy) is 2. The molecule has 0 radical (unpaired) electrons. The lowest BCUT2D eigenvalue weighted by Crippen LogP contribution is -2.27. The Bertz CT molecular complexity index is 971. The number of nitrogens with zero attached hydrogens (tertiary/aromatic N) is 3. The van der Waals surface area contributed by atoms with Crippen LogP contribution < -0.4 is 15.0 Å². The summed E-state index contributed by atoms with van der Waals surface area (Å²) in [6, 6.07) is 6.83. The fourth-order valence-electron chi connectivity index (χ4n) is 2.71. The van der Waals surface area contributed by atoms with Crippen molar-refractivity contribution < 1.29 is 14.6 Å². The second-order valence-electron chi connectivity index (χ2n) is 6.08. The number of aromatic hydroxyl groups is 1. The van der Waals surface area contributed by atoms with Crippen molar-refractivity contribution in [3.63, 3.8) is 0 Å². The summed E-state index contributed by atoms with van der Waals surface area (Å²) in [6.45, 7) is 5.33. The molecule has 0 amide bonds. The van der Waals surface area contributed by atoms with Crippen LogP contribution >= 0.6 is 0 Å². The molecule has 0 saturated heterocycles. The zero-order valence-corrected chi connectivity index (χ0v) is 16.1. The van der Waals surface area contributed by atoms with Crippen molar-refractivity contribution in [3.8, 4) is 23.4 Å². The van der Waals surface area contributed by atoms with E-state index in [0.717, 1.165) is 0 Å². The van der Waals surface area contributed by atoms with E-state index in [1.54, 1.807) is 32.2 Å². The predicted molar refractivity (Wildman–Crippen MR) is 104 cm³/mol. The van der Waals surface area contributed by atoms with Crippen LogP contribution in [0.3, 0.4) is 0 Å². The number of pyridine rings is 1. The molecule has 7 nitrogen and oxygen atoms in total. The summed E-state index contributed by atoms with van der Waals surface area (Å²) in [5.41, 5.74) is 0.731. The predicted octanol–water partition coefficient (Wildman–Crippen LogP) is 3.47. The van der Waals surface area contributed by atoms with Gasteiger partial charge in [0.25, 0.3) is 5.56 Å². The van der Waals surface area contributed by atoms with E-state index in [1.165, 1.54) is 17.9 Å². The van der Waals surface area contributed by atoms with Gasteiger partial charge >= 0.3 is 0 Å². The molecule has 0 bridgehead atoms. The summed E-state index contributed by atoms with van der Waals surface area (Å²) >= 11 is 0.